The Bertz CT molecular complexity index is 3550. The molecule has 2 nitrogen and oxygen atoms in total. The molecule has 0 spiro atoms. The summed E-state index contributed by atoms with van der Waals surface area (Å²) in [6.45, 7) is 4.86. The van der Waals surface area contributed by atoms with Gasteiger partial charge < -0.3 is 9.13 Å². The van der Waals surface area contributed by atoms with Crippen LogP contribution in [-0.4, -0.2) is 9.13 Å². The summed E-state index contributed by atoms with van der Waals surface area (Å²) in [7, 11) is 0. The first-order chi connectivity index (χ1) is 32.0. The molecule has 0 saturated heterocycles. The molecule has 0 N–H and O–H groups in total. The SMILES string of the molecule is CC1(C)c2cc3c(cc2-c2cc4c(-c5ccccc5)c(-c5ccccc5)n(-c5cccc6ccccc56)c4cc21)c(-c1ccccc1)c(-c1ccccc1)n3-c1cccc2ccccc12. The zero-order valence-electron chi connectivity index (χ0n) is 36.3. The predicted molar refractivity (Wildman–Crippen MR) is 274 cm³/mol. The highest BCUT2D eigenvalue weighted by molar-refractivity contribution is 6.13. The summed E-state index contributed by atoms with van der Waals surface area (Å²) in [5, 5.41) is 7.39. The van der Waals surface area contributed by atoms with Gasteiger partial charge in [0, 0.05) is 38.1 Å². The normalized spacial score (nSPS) is 12.9. The van der Waals surface area contributed by atoms with Crippen LogP contribution in [0, 0.1) is 0 Å². The number of benzene rings is 10. The van der Waals surface area contributed by atoms with Crippen molar-refractivity contribution in [3.8, 4) is 67.3 Å². The number of fused-ring (bicyclic) bond motifs is 7. The minimum Gasteiger partial charge on any atom is -0.308 e. The quantitative estimate of drug-likeness (QED) is 0.158. The van der Waals surface area contributed by atoms with Crippen molar-refractivity contribution in [2.75, 3.05) is 0 Å². The van der Waals surface area contributed by atoms with Crippen LogP contribution in [0.2, 0.25) is 0 Å². The van der Waals surface area contributed by atoms with Gasteiger partial charge in [-0.05, 0) is 91.7 Å². The molecule has 65 heavy (non-hydrogen) atoms. The molecule has 2 heteroatoms. The summed E-state index contributed by atoms with van der Waals surface area (Å²) in [4.78, 5) is 0. The van der Waals surface area contributed by atoms with E-state index >= 15 is 0 Å². The van der Waals surface area contributed by atoms with Gasteiger partial charge in [0.05, 0.1) is 33.8 Å². The van der Waals surface area contributed by atoms with Crippen molar-refractivity contribution < 1.29 is 0 Å². The minimum atomic E-state index is -0.311. The van der Waals surface area contributed by atoms with E-state index in [0.717, 1.165) is 0 Å². The van der Waals surface area contributed by atoms with Gasteiger partial charge in [-0.3, -0.25) is 0 Å². The lowest BCUT2D eigenvalue weighted by molar-refractivity contribution is 0.661. The van der Waals surface area contributed by atoms with Crippen molar-refractivity contribution in [2.24, 2.45) is 0 Å². The average Bonchev–Trinajstić information content (AvgIpc) is 3.96. The molecule has 0 saturated carbocycles. The Labute approximate surface area is 378 Å². The Balaban J connectivity index is 1.18. The van der Waals surface area contributed by atoms with Gasteiger partial charge in [-0.25, -0.2) is 0 Å². The Morgan fingerprint density at radius 2 is 0.646 bits per heavy atom. The van der Waals surface area contributed by atoms with Gasteiger partial charge in [0.25, 0.3) is 0 Å². The van der Waals surface area contributed by atoms with Gasteiger partial charge in [0.2, 0.25) is 0 Å². The highest BCUT2D eigenvalue weighted by Gasteiger charge is 2.39. The molecule has 2 aromatic heterocycles. The van der Waals surface area contributed by atoms with E-state index in [0.29, 0.717) is 0 Å². The highest BCUT2D eigenvalue weighted by Crippen LogP contribution is 2.56. The van der Waals surface area contributed by atoms with Crippen LogP contribution in [0.15, 0.2) is 231 Å². The summed E-state index contributed by atoms with van der Waals surface area (Å²) >= 11 is 0. The molecule has 13 rings (SSSR count). The van der Waals surface area contributed by atoms with E-state index in [1.165, 1.54) is 122 Å². The fourth-order valence-electron chi connectivity index (χ4n) is 11.1. The zero-order chi connectivity index (χ0) is 43.2. The molecule has 306 valence electrons. The van der Waals surface area contributed by atoms with Crippen LogP contribution in [-0.2, 0) is 5.41 Å². The second-order valence-corrected chi connectivity index (χ2v) is 18.0. The van der Waals surface area contributed by atoms with Crippen molar-refractivity contribution in [2.45, 2.75) is 19.3 Å². The fourth-order valence-corrected chi connectivity index (χ4v) is 11.1. The second-order valence-electron chi connectivity index (χ2n) is 18.0. The molecule has 0 bridgehead atoms. The molecule has 1 aliphatic carbocycles. The second kappa shape index (κ2) is 14.4. The third-order valence-electron chi connectivity index (χ3n) is 14.1. The lowest BCUT2D eigenvalue weighted by Crippen LogP contribution is -2.15. The highest BCUT2D eigenvalue weighted by atomic mass is 15.0. The summed E-state index contributed by atoms with van der Waals surface area (Å²) in [6.07, 6.45) is 0. The molecule has 0 unspecified atom stereocenters. The van der Waals surface area contributed by atoms with Gasteiger partial charge in [-0.15, -0.1) is 0 Å². The molecule has 0 radical (unpaired) electrons. The molecule has 0 aliphatic heterocycles. The standard InChI is InChI=1S/C63H44N2/c1-63(2)53-39-57-51(59(43-23-7-3-8-24-43)61(45-27-11-5-12-28-45)64(57)55-35-19-31-41-21-15-17-33-47(41)55)37-49(53)50-38-52-58(40-54(50)63)65(56-36-20-32-42-22-16-18-34-48(42)56)62(46-29-13-6-14-30-46)60(52)44-25-9-4-10-26-44/h3-40H,1-2H3. The lowest BCUT2D eigenvalue weighted by atomic mass is 9.82. The molecule has 0 amide bonds. The molecule has 10 aromatic carbocycles. The molecule has 0 atom stereocenters. The van der Waals surface area contributed by atoms with Crippen LogP contribution in [0.25, 0.3) is 111 Å². The van der Waals surface area contributed by atoms with E-state index in [2.05, 4.69) is 254 Å². The van der Waals surface area contributed by atoms with Crippen LogP contribution >= 0.6 is 0 Å². The predicted octanol–water partition coefficient (Wildman–Crippen LogP) is 16.9. The van der Waals surface area contributed by atoms with Gasteiger partial charge in [-0.2, -0.15) is 0 Å². The Morgan fingerprint density at radius 3 is 1.05 bits per heavy atom. The van der Waals surface area contributed by atoms with Crippen molar-refractivity contribution in [1.29, 1.82) is 0 Å². The monoisotopic (exact) mass is 828 g/mol. The zero-order valence-corrected chi connectivity index (χ0v) is 36.3. The minimum absolute atomic E-state index is 0.311. The Morgan fingerprint density at radius 1 is 0.308 bits per heavy atom. The van der Waals surface area contributed by atoms with E-state index in [9.17, 15) is 0 Å². The maximum Gasteiger partial charge on any atom is 0.0619 e. The number of rotatable bonds is 6. The number of nitrogens with zero attached hydrogens (tertiary/aromatic N) is 2. The van der Waals surface area contributed by atoms with Crippen LogP contribution in [0.4, 0.5) is 0 Å². The first-order valence-electron chi connectivity index (χ1n) is 22.7. The molecule has 2 heterocycles. The topological polar surface area (TPSA) is 9.86 Å². The summed E-state index contributed by atoms with van der Waals surface area (Å²) in [5.41, 5.74) is 19.4. The summed E-state index contributed by atoms with van der Waals surface area (Å²) < 4.78 is 5.11. The van der Waals surface area contributed by atoms with Crippen molar-refractivity contribution in [3.05, 3.63) is 242 Å². The van der Waals surface area contributed by atoms with Crippen LogP contribution in [0.3, 0.4) is 0 Å². The summed E-state index contributed by atoms with van der Waals surface area (Å²) in [6, 6.07) is 85.2. The van der Waals surface area contributed by atoms with Crippen LogP contribution in [0.5, 0.6) is 0 Å². The van der Waals surface area contributed by atoms with E-state index in [1.54, 1.807) is 0 Å². The molecule has 0 fully saturated rings. The molecular formula is C63H44N2. The number of hydrogen-bond acceptors (Lipinski definition) is 0. The van der Waals surface area contributed by atoms with E-state index in [4.69, 9.17) is 0 Å². The number of hydrogen-bond donors (Lipinski definition) is 0. The lowest BCUT2D eigenvalue weighted by Gasteiger charge is -2.23. The fraction of sp³-hybridized carbons (Fsp3) is 0.0476. The molecule has 12 aromatic rings. The van der Waals surface area contributed by atoms with Gasteiger partial charge in [0.15, 0.2) is 0 Å². The third kappa shape index (κ3) is 5.60. The first kappa shape index (κ1) is 37.4. The maximum absolute atomic E-state index is 2.55. The van der Waals surface area contributed by atoms with Crippen LogP contribution < -0.4 is 0 Å². The van der Waals surface area contributed by atoms with E-state index < -0.39 is 0 Å². The van der Waals surface area contributed by atoms with Crippen molar-refractivity contribution in [3.63, 3.8) is 0 Å². The maximum atomic E-state index is 2.55. The third-order valence-corrected chi connectivity index (χ3v) is 14.1. The summed E-state index contributed by atoms with van der Waals surface area (Å²) in [5.74, 6) is 0. The molecular weight excluding hydrogens is 785 g/mol. The largest absolute Gasteiger partial charge is 0.308 e. The van der Waals surface area contributed by atoms with Gasteiger partial charge in [0.1, 0.15) is 0 Å². The average molecular weight is 829 g/mol. The van der Waals surface area contributed by atoms with Crippen molar-refractivity contribution in [1.82, 2.24) is 9.13 Å². The van der Waals surface area contributed by atoms with Crippen molar-refractivity contribution >= 4 is 43.4 Å². The van der Waals surface area contributed by atoms with Crippen LogP contribution in [0.1, 0.15) is 25.0 Å². The Hall–Kier alpha value is -8.20. The van der Waals surface area contributed by atoms with E-state index in [1.807, 2.05) is 0 Å². The molecule has 1 aliphatic rings. The first-order valence-corrected chi connectivity index (χ1v) is 22.7. The van der Waals surface area contributed by atoms with E-state index in [-0.39, 0.29) is 5.41 Å². The number of aromatic nitrogens is 2. The Kier molecular flexibility index (Phi) is 8.29. The smallest absolute Gasteiger partial charge is 0.0619 e. The van der Waals surface area contributed by atoms with Gasteiger partial charge in [-0.1, -0.05) is 208 Å². The van der Waals surface area contributed by atoms with Gasteiger partial charge >= 0.3 is 0 Å².